The van der Waals surface area contributed by atoms with E-state index in [1.807, 2.05) is 22.6 Å². The van der Waals surface area contributed by atoms with E-state index in [1.54, 1.807) is 0 Å². The van der Waals surface area contributed by atoms with E-state index < -0.39 is 29.7 Å². The van der Waals surface area contributed by atoms with Crippen molar-refractivity contribution in [3.63, 3.8) is 0 Å². The Morgan fingerprint density at radius 2 is 2.24 bits per heavy atom. The molecule has 0 spiro atoms. The standard InChI is InChI=1S/C9H11IN2O5/c10-6-7(15)4(3-13)17-8(6)12-2-1-5(14)11-9(12)16/h1-2,4,6-8,13,15H,3H2,(H,11,14,16)/t4-,6+,7-,8-/m1/s1. The normalized spacial score (nSPS) is 32.9. The fourth-order valence-electron chi connectivity index (χ4n) is 1.71. The van der Waals surface area contributed by atoms with Crippen molar-refractivity contribution in [2.75, 3.05) is 6.61 Å². The van der Waals surface area contributed by atoms with Gasteiger partial charge in [0.15, 0.2) is 6.23 Å². The molecule has 1 aromatic heterocycles. The van der Waals surface area contributed by atoms with Crippen LogP contribution >= 0.6 is 22.6 Å². The molecule has 0 unspecified atom stereocenters. The highest BCUT2D eigenvalue weighted by Gasteiger charge is 2.43. The van der Waals surface area contributed by atoms with Crippen LogP contribution in [-0.4, -0.2) is 42.5 Å². The van der Waals surface area contributed by atoms with E-state index in [2.05, 4.69) is 4.98 Å². The van der Waals surface area contributed by atoms with E-state index >= 15 is 0 Å². The highest BCUT2D eigenvalue weighted by Crippen LogP contribution is 2.33. The molecule has 2 rings (SSSR count). The highest BCUT2D eigenvalue weighted by molar-refractivity contribution is 14.1. The second kappa shape index (κ2) is 4.88. The molecule has 0 aromatic carbocycles. The number of aromatic amines is 1. The maximum absolute atomic E-state index is 11.6. The molecule has 0 amide bonds. The van der Waals surface area contributed by atoms with Gasteiger partial charge in [-0.1, -0.05) is 22.6 Å². The van der Waals surface area contributed by atoms with Crippen molar-refractivity contribution in [2.45, 2.75) is 22.4 Å². The van der Waals surface area contributed by atoms with Crippen LogP contribution in [0.4, 0.5) is 0 Å². The van der Waals surface area contributed by atoms with Gasteiger partial charge in [0.05, 0.1) is 16.6 Å². The summed E-state index contributed by atoms with van der Waals surface area (Å²) in [7, 11) is 0. The van der Waals surface area contributed by atoms with Crippen molar-refractivity contribution in [1.82, 2.24) is 9.55 Å². The summed E-state index contributed by atoms with van der Waals surface area (Å²) in [6, 6.07) is 1.20. The zero-order valence-electron chi connectivity index (χ0n) is 8.62. The summed E-state index contributed by atoms with van der Waals surface area (Å²) in [5.41, 5.74) is -1.09. The minimum absolute atomic E-state index is 0.324. The van der Waals surface area contributed by atoms with E-state index in [1.165, 1.54) is 16.8 Å². The van der Waals surface area contributed by atoms with Crippen LogP contribution in [0.5, 0.6) is 0 Å². The Kier molecular flexibility index (Phi) is 3.66. The fraction of sp³-hybridized carbons (Fsp3) is 0.556. The number of hydrogen-bond acceptors (Lipinski definition) is 5. The lowest BCUT2D eigenvalue weighted by Gasteiger charge is -2.16. The molecule has 3 N–H and O–H groups in total. The molecular formula is C9H11IN2O5. The van der Waals surface area contributed by atoms with Crippen LogP contribution in [0.3, 0.4) is 0 Å². The molecule has 0 radical (unpaired) electrons. The van der Waals surface area contributed by atoms with Gasteiger partial charge in [-0.05, 0) is 0 Å². The summed E-state index contributed by atoms with van der Waals surface area (Å²) in [5, 5.41) is 18.8. The zero-order valence-corrected chi connectivity index (χ0v) is 10.8. The van der Waals surface area contributed by atoms with Crippen LogP contribution in [0.2, 0.25) is 0 Å². The van der Waals surface area contributed by atoms with Crippen LogP contribution in [0.25, 0.3) is 0 Å². The monoisotopic (exact) mass is 354 g/mol. The summed E-state index contributed by atoms with van der Waals surface area (Å²) in [6.45, 7) is -0.324. The van der Waals surface area contributed by atoms with Crippen molar-refractivity contribution in [3.8, 4) is 0 Å². The van der Waals surface area contributed by atoms with Gasteiger partial charge in [0.25, 0.3) is 5.56 Å². The van der Waals surface area contributed by atoms with Crippen LogP contribution in [0.1, 0.15) is 6.23 Å². The number of aromatic nitrogens is 2. The lowest BCUT2D eigenvalue weighted by atomic mass is 10.2. The Morgan fingerprint density at radius 1 is 1.53 bits per heavy atom. The van der Waals surface area contributed by atoms with Gasteiger partial charge in [-0.15, -0.1) is 0 Å². The summed E-state index contributed by atoms with van der Waals surface area (Å²) >= 11 is 1.95. The predicted octanol–water partition coefficient (Wildman–Crippen LogP) is -1.41. The largest absolute Gasteiger partial charge is 0.394 e. The number of ether oxygens (including phenoxy) is 1. The maximum Gasteiger partial charge on any atom is 0.330 e. The van der Waals surface area contributed by atoms with E-state index in [0.717, 1.165) is 0 Å². The summed E-state index contributed by atoms with van der Waals surface area (Å²) in [4.78, 5) is 24.6. The molecule has 0 bridgehead atoms. The number of aliphatic hydroxyl groups excluding tert-OH is 2. The fourth-order valence-corrected chi connectivity index (χ4v) is 2.69. The van der Waals surface area contributed by atoms with Gasteiger partial charge in [0.1, 0.15) is 6.10 Å². The Bertz CT molecular complexity index is 513. The topological polar surface area (TPSA) is 105 Å². The van der Waals surface area contributed by atoms with Crippen molar-refractivity contribution in [3.05, 3.63) is 33.1 Å². The lowest BCUT2D eigenvalue weighted by molar-refractivity contribution is -0.0456. The molecule has 1 aliphatic rings. The summed E-state index contributed by atoms with van der Waals surface area (Å²) in [5.74, 6) is 0. The smallest absolute Gasteiger partial charge is 0.330 e. The van der Waals surface area contributed by atoms with Crippen molar-refractivity contribution in [2.24, 2.45) is 0 Å². The van der Waals surface area contributed by atoms with Crippen molar-refractivity contribution >= 4 is 22.6 Å². The number of alkyl halides is 1. The van der Waals surface area contributed by atoms with Crippen LogP contribution < -0.4 is 11.2 Å². The molecular weight excluding hydrogens is 343 g/mol. The van der Waals surface area contributed by atoms with Gasteiger partial charge in [-0.25, -0.2) is 4.79 Å². The van der Waals surface area contributed by atoms with Gasteiger partial charge in [0.2, 0.25) is 0 Å². The predicted molar refractivity (Wildman–Crippen MR) is 66.1 cm³/mol. The first-order valence-electron chi connectivity index (χ1n) is 4.94. The first-order valence-corrected chi connectivity index (χ1v) is 6.19. The molecule has 1 aromatic rings. The Balaban J connectivity index is 2.35. The quantitative estimate of drug-likeness (QED) is 0.447. The zero-order chi connectivity index (χ0) is 12.6. The van der Waals surface area contributed by atoms with Gasteiger partial charge < -0.3 is 14.9 Å². The number of halogens is 1. The molecule has 8 heteroatoms. The van der Waals surface area contributed by atoms with Crippen LogP contribution in [0, 0.1) is 0 Å². The maximum atomic E-state index is 11.6. The number of hydrogen-bond donors (Lipinski definition) is 3. The molecule has 0 saturated carbocycles. The molecule has 1 fully saturated rings. The minimum atomic E-state index is -0.857. The SMILES string of the molecule is O=c1ccn([C@@H]2O[C@H](CO)[C@@H](O)[C@@H]2I)c(=O)[nH]1. The van der Waals surface area contributed by atoms with E-state index in [4.69, 9.17) is 9.84 Å². The second-order valence-corrected chi connectivity index (χ2v) is 5.14. The molecule has 2 heterocycles. The van der Waals surface area contributed by atoms with Gasteiger partial charge in [0, 0.05) is 12.3 Å². The molecule has 1 aliphatic heterocycles. The Labute approximate surface area is 109 Å². The van der Waals surface area contributed by atoms with Gasteiger partial charge >= 0.3 is 5.69 Å². The first kappa shape index (κ1) is 12.7. The minimum Gasteiger partial charge on any atom is -0.394 e. The molecule has 1 saturated heterocycles. The molecule has 17 heavy (non-hydrogen) atoms. The molecule has 0 aliphatic carbocycles. The van der Waals surface area contributed by atoms with E-state index in [9.17, 15) is 14.7 Å². The van der Waals surface area contributed by atoms with E-state index in [-0.39, 0.29) is 10.5 Å². The van der Waals surface area contributed by atoms with Gasteiger partial charge in [-0.2, -0.15) is 0 Å². The number of nitrogens with zero attached hydrogens (tertiary/aromatic N) is 1. The van der Waals surface area contributed by atoms with Crippen LogP contribution in [0.15, 0.2) is 21.9 Å². The number of rotatable bonds is 2. The lowest BCUT2D eigenvalue weighted by Crippen LogP contribution is -2.35. The third kappa shape index (κ3) is 2.30. The van der Waals surface area contributed by atoms with Crippen molar-refractivity contribution in [1.29, 1.82) is 0 Å². The summed E-state index contributed by atoms with van der Waals surface area (Å²) in [6.07, 6.45) is -0.971. The summed E-state index contributed by atoms with van der Waals surface area (Å²) < 4.78 is 6.19. The number of nitrogens with one attached hydrogen (secondary N) is 1. The highest BCUT2D eigenvalue weighted by atomic mass is 127. The molecule has 7 nitrogen and oxygen atoms in total. The molecule has 94 valence electrons. The average molecular weight is 354 g/mol. The third-order valence-corrected chi connectivity index (χ3v) is 3.95. The van der Waals surface area contributed by atoms with Gasteiger partial charge in [-0.3, -0.25) is 14.3 Å². The number of H-pyrrole nitrogens is 1. The first-order chi connectivity index (χ1) is 8.04. The second-order valence-electron chi connectivity index (χ2n) is 3.70. The van der Waals surface area contributed by atoms with E-state index in [0.29, 0.717) is 0 Å². The third-order valence-electron chi connectivity index (χ3n) is 2.60. The van der Waals surface area contributed by atoms with Crippen LogP contribution in [-0.2, 0) is 4.74 Å². The average Bonchev–Trinajstić information content (AvgIpc) is 2.57. The Morgan fingerprint density at radius 3 is 2.76 bits per heavy atom. The Hall–Kier alpha value is -0.710. The van der Waals surface area contributed by atoms with Crippen molar-refractivity contribution < 1.29 is 14.9 Å². The number of aliphatic hydroxyl groups is 2. The molecule has 4 atom stereocenters.